The summed E-state index contributed by atoms with van der Waals surface area (Å²) >= 11 is 0. The van der Waals surface area contributed by atoms with E-state index >= 15 is 0 Å². The molecule has 1 saturated carbocycles. The minimum absolute atomic E-state index is 0.0384. The molecule has 1 aliphatic heterocycles. The molecular formula is C44H46F2N4O5. The third kappa shape index (κ3) is 8.33. The summed E-state index contributed by atoms with van der Waals surface area (Å²) in [5, 5.41) is 26.4. The highest BCUT2D eigenvalue weighted by atomic mass is 19.1. The molecule has 5 N–H and O–H groups in total. The van der Waals surface area contributed by atoms with Crippen LogP contribution in [0.5, 0.6) is 0 Å². The molecule has 4 atom stereocenters. The van der Waals surface area contributed by atoms with E-state index in [0.717, 1.165) is 50.3 Å². The summed E-state index contributed by atoms with van der Waals surface area (Å²) in [5.74, 6) is -4.14. The van der Waals surface area contributed by atoms with Crippen LogP contribution in [0.2, 0.25) is 0 Å². The Bertz CT molecular complexity index is 2170. The third-order valence-electron chi connectivity index (χ3n) is 11.4. The Morgan fingerprint density at radius 2 is 1.69 bits per heavy atom. The molecular weight excluding hydrogens is 703 g/mol. The number of aliphatic hydroxyl groups is 1. The number of likely N-dealkylation sites (tertiary alicyclic amines) is 1. The lowest BCUT2D eigenvalue weighted by atomic mass is 9.86. The van der Waals surface area contributed by atoms with Gasteiger partial charge in [-0.1, -0.05) is 78.7 Å². The number of nitrogen functional groups attached to an aromatic ring is 1. The van der Waals surface area contributed by atoms with Crippen molar-refractivity contribution in [2.75, 3.05) is 18.8 Å². The molecule has 9 nitrogen and oxygen atoms in total. The molecule has 0 bridgehead atoms. The first-order valence-corrected chi connectivity index (χ1v) is 19.0. The van der Waals surface area contributed by atoms with Gasteiger partial charge in [-0.3, -0.25) is 14.5 Å². The largest absolute Gasteiger partial charge is 0.481 e. The molecule has 2 aliphatic carbocycles. The molecule has 5 aromatic rings. The van der Waals surface area contributed by atoms with Crippen molar-refractivity contribution in [1.82, 2.24) is 15.4 Å². The van der Waals surface area contributed by atoms with E-state index in [1.165, 1.54) is 51.1 Å². The average molecular weight is 749 g/mol. The van der Waals surface area contributed by atoms with Crippen LogP contribution in [0.1, 0.15) is 70.4 Å². The van der Waals surface area contributed by atoms with Gasteiger partial charge in [0.05, 0.1) is 17.6 Å². The lowest BCUT2D eigenvalue weighted by Gasteiger charge is -2.43. The van der Waals surface area contributed by atoms with E-state index in [0.29, 0.717) is 25.5 Å². The first kappa shape index (κ1) is 37.9. The molecule has 3 aliphatic rings. The van der Waals surface area contributed by atoms with Crippen molar-refractivity contribution in [1.29, 1.82) is 0 Å². The lowest BCUT2D eigenvalue weighted by Crippen LogP contribution is -2.58. The van der Waals surface area contributed by atoms with Crippen molar-refractivity contribution in [3.8, 4) is 22.5 Å². The van der Waals surface area contributed by atoms with Crippen LogP contribution in [-0.4, -0.2) is 63.4 Å². The summed E-state index contributed by atoms with van der Waals surface area (Å²) in [6, 6.07) is 25.1. The normalized spacial score (nSPS) is 20.5. The molecule has 2 heterocycles. The molecule has 11 heteroatoms. The van der Waals surface area contributed by atoms with E-state index < -0.39 is 41.6 Å². The van der Waals surface area contributed by atoms with Gasteiger partial charge in [-0.2, -0.15) is 0 Å². The number of nitrogens with one attached hydrogen (secondary N) is 1. The zero-order valence-corrected chi connectivity index (χ0v) is 30.8. The van der Waals surface area contributed by atoms with Crippen LogP contribution in [-0.2, 0) is 24.1 Å². The van der Waals surface area contributed by atoms with E-state index in [1.807, 2.05) is 4.90 Å². The smallest absolute Gasteiger partial charge is 0.309 e. The zero-order chi connectivity index (χ0) is 38.6. The molecule has 0 radical (unpaired) electrons. The average Bonchev–Trinajstić information content (AvgIpc) is 3.82. The van der Waals surface area contributed by atoms with Crippen LogP contribution >= 0.6 is 0 Å². The number of piperidine rings is 1. The number of benzene rings is 4. The van der Waals surface area contributed by atoms with Crippen LogP contribution < -0.4 is 11.1 Å². The van der Waals surface area contributed by atoms with Gasteiger partial charge in [-0.25, -0.2) is 8.78 Å². The number of rotatable bonds is 8. The maximum absolute atomic E-state index is 14.0. The molecule has 1 saturated heterocycles. The van der Waals surface area contributed by atoms with Crippen molar-refractivity contribution >= 4 is 17.6 Å². The number of carbonyl (C=O) groups is 2. The number of carbonyl (C=O) groups excluding carboxylic acids is 1. The minimum atomic E-state index is -1.03. The van der Waals surface area contributed by atoms with E-state index in [9.17, 15) is 28.6 Å². The number of carboxylic acids is 1. The molecule has 0 unspecified atom stereocenters. The van der Waals surface area contributed by atoms with Gasteiger partial charge in [0.2, 0.25) is 0 Å². The quantitative estimate of drug-likeness (QED) is 0.118. The first-order valence-electron chi connectivity index (χ1n) is 19.0. The maximum Gasteiger partial charge on any atom is 0.309 e. The number of hydrogen-bond donors (Lipinski definition) is 4. The number of nitrogens with zero attached hydrogens (tertiary/aromatic N) is 2. The van der Waals surface area contributed by atoms with Crippen LogP contribution in [0.4, 0.5) is 14.5 Å². The number of anilines is 1. The number of aliphatic carboxylic acids is 1. The van der Waals surface area contributed by atoms with E-state index in [1.54, 1.807) is 0 Å². The number of hydrogen-bond acceptors (Lipinski definition) is 7. The lowest BCUT2D eigenvalue weighted by molar-refractivity contribution is -0.145. The first-order chi connectivity index (χ1) is 26.6. The fourth-order valence-electron chi connectivity index (χ4n) is 8.39. The maximum atomic E-state index is 14.0. The Balaban J connectivity index is 0.000000178. The van der Waals surface area contributed by atoms with E-state index in [-0.39, 0.29) is 29.6 Å². The number of carboxylic acid groups (broad SMARTS) is 1. The van der Waals surface area contributed by atoms with Crippen LogP contribution in [0.15, 0.2) is 89.5 Å². The summed E-state index contributed by atoms with van der Waals surface area (Å²) < 4.78 is 32.1. The predicted molar refractivity (Wildman–Crippen MR) is 206 cm³/mol. The number of aliphatic hydroxyl groups excluding tert-OH is 1. The van der Waals surface area contributed by atoms with Crippen molar-refractivity contribution < 1.29 is 33.1 Å². The van der Waals surface area contributed by atoms with Gasteiger partial charge in [0.15, 0.2) is 11.5 Å². The van der Waals surface area contributed by atoms with Crippen molar-refractivity contribution in [2.24, 2.45) is 5.92 Å². The third-order valence-corrected chi connectivity index (χ3v) is 11.4. The SMILES string of the molecule is Cc1cc2c(c(N)c1CCc1ccccc1)Cc1ccccc1-2.O=C(N[C@@H]1CCN([C@@H]2CCCC[C@@H]2O)C[C@H]1C(=O)O)c1cc(-c2ccc(F)cc2F)on1. The molecule has 4 aromatic carbocycles. The number of fused-ring (bicyclic) bond motifs is 3. The number of nitrogens with two attached hydrogens (primary N) is 1. The number of halogens is 2. The predicted octanol–water partition coefficient (Wildman–Crippen LogP) is 7.36. The second-order valence-electron chi connectivity index (χ2n) is 14.9. The Morgan fingerprint density at radius 3 is 2.45 bits per heavy atom. The Morgan fingerprint density at radius 1 is 0.927 bits per heavy atom. The topological polar surface area (TPSA) is 142 Å². The standard InChI is InChI=1S/C22H25F2N3O5.C22H21N/c23-12-5-6-13(15(24)9-12)20-10-17(26-32-20)21(29)25-16-7-8-27(11-14(16)22(30)31)18-3-1-2-4-19(18)28;1-15-13-20-19-10-6-5-9-17(19)14-21(20)22(23)18(15)12-11-16-7-3-2-4-8-16/h5-6,9-10,14,16,18-19,28H,1-4,7-8,11H2,(H,25,29)(H,30,31);2-10,13H,11-12,14,23H2,1H3/t14-,16-,18-,19+;/m1./s1. The van der Waals surface area contributed by atoms with Crippen molar-refractivity contribution in [2.45, 2.75) is 76.5 Å². The van der Waals surface area contributed by atoms with Gasteiger partial charge in [0.25, 0.3) is 5.91 Å². The van der Waals surface area contributed by atoms with Gasteiger partial charge in [0, 0.05) is 49.4 Å². The molecule has 1 aromatic heterocycles. The highest BCUT2D eigenvalue weighted by Gasteiger charge is 2.40. The molecule has 1 amide bonds. The second-order valence-corrected chi connectivity index (χ2v) is 14.9. The summed E-state index contributed by atoms with van der Waals surface area (Å²) in [5.41, 5.74) is 16.8. The van der Waals surface area contributed by atoms with Gasteiger partial charge in [-0.05, 0) is 90.1 Å². The molecule has 55 heavy (non-hydrogen) atoms. The Labute approximate surface area is 319 Å². The number of aromatic nitrogens is 1. The van der Waals surface area contributed by atoms with Gasteiger partial charge in [0.1, 0.15) is 11.6 Å². The number of amides is 1. The molecule has 286 valence electrons. The minimum Gasteiger partial charge on any atom is -0.481 e. The number of aryl methyl sites for hydroxylation is 2. The summed E-state index contributed by atoms with van der Waals surface area (Å²) in [7, 11) is 0. The Kier molecular flexibility index (Phi) is 11.4. The fraction of sp³-hybridized carbons (Fsp3) is 0.341. The van der Waals surface area contributed by atoms with Gasteiger partial charge < -0.3 is 25.8 Å². The summed E-state index contributed by atoms with van der Waals surface area (Å²) in [4.78, 5) is 26.6. The Hall–Kier alpha value is -5.39. The van der Waals surface area contributed by atoms with Crippen LogP contribution in [0, 0.1) is 24.5 Å². The van der Waals surface area contributed by atoms with Crippen LogP contribution in [0.25, 0.3) is 22.5 Å². The fourth-order valence-corrected chi connectivity index (χ4v) is 8.39. The van der Waals surface area contributed by atoms with Crippen molar-refractivity contribution in [3.05, 3.63) is 130 Å². The summed E-state index contributed by atoms with van der Waals surface area (Å²) in [6.07, 6.45) is 6.45. The van der Waals surface area contributed by atoms with E-state index in [4.69, 9.17) is 10.3 Å². The molecule has 0 spiro atoms. The highest BCUT2D eigenvalue weighted by Crippen LogP contribution is 2.42. The molecule has 8 rings (SSSR count). The van der Waals surface area contributed by atoms with Crippen molar-refractivity contribution in [3.63, 3.8) is 0 Å². The zero-order valence-electron chi connectivity index (χ0n) is 30.8. The molecule has 2 fully saturated rings. The highest BCUT2D eigenvalue weighted by molar-refractivity contribution is 5.93. The second kappa shape index (κ2) is 16.5. The van der Waals surface area contributed by atoms with Crippen LogP contribution in [0.3, 0.4) is 0 Å². The summed E-state index contributed by atoms with van der Waals surface area (Å²) in [6.45, 7) is 2.98. The van der Waals surface area contributed by atoms with E-state index in [2.05, 4.69) is 78.1 Å². The van der Waals surface area contributed by atoms with Gasteiger partial charge in [-0.15, -0.1) is 0 Å². The van der Waals surface area contributed by atoms with Gasteiger partial charge >= 0.3 is 5.97 Å². The monoisotopic (exact) mass is 748 g/mol.